The highest BCUT2D eigenvalue weighted by Crippen LogP contribution is 2.20. The number of halogens is 1. The van der Waals surface area contributed by atoms with E-state index < -0.39 is 39.8 Å². The molecule has 0 aliphatic carbocycles. The smallest absolute Gasteiger partial charge is 0.341 e. The summed E-state index contributed by atoms with van der Waals surface area (Å²) in [5.41, 5.74) is 2.60. The van der Waals surface area contributed by atoms with E-state index in [1.807, 2.05) is 19.9 Å². The van der Waals surface area contributed by atoms with Crippen molar-refractivity contribution in [3.05, 3.63) is 64.0 Å². The molecular formula is C22H26FNO5S. The van der Waals surface area contributed by atoms with Gasteiger partial charge in [0.15, 0.2) is 6.61 Å². The summed E-state index contributed by atoms with van der Waals surface area (Å²) in [6.07, 6.45) is 0. The van der Waals surface area contributed by atoms with Gasteiger partial charge in [-0.2, -0.15) is 4.31 Å². The fourth-order valence-corrected chi connectivity index (χ4v) is 4.57. The largest absolute Gasteiger partial charge is 0.454 e. The number of carbonyl (C=O) groups is 2. The molecule has 2 rings (SSSR count). The Morgan fingerprint density at radius 3 is 2.13 bits per heavy atom. The van der Waals surface area contributed by atoms with E-state index in [1.165, 1.54) is 4.31 Å². The van der Waals surface area contributed by atoms with Gasteiger partial charge in [-0.05, 0) is 61.7 Å². The van der Waals surface area contributed by atoms with Crippen LogP contribution in [0, 0.1) is 26.6 Å². The van der Waals surface area contributed by atoms with Crippen LogP contribution in [0.1, 0.15) is 51.3 Å². The minimum absolute atomic E-state index is 0.212. The number of benzene rings is 2. The van der Waals surface area contributed by atoms with E-state index in [-0.39, 0.29) is 18.0 Å². The summed E-state index contributed by atoms with van der Waals surface area (Å²) in [4.78, 5) is 24.6. The van der Waals surface area contributed by atoms with Crippen molar-refractivity contribution in [2.45, 2.75) is 39.5 Å². The molecule has 0 atom stereocenters. The molecule has 0 fully saturated rings. The first kappa shape index (κ1) is 23.7. The molecule has 0 aromatic heterocycles. The summed E-state index contributed by atoms with van der Waals surface area (Å²) >= 11 is 0. The molecule has 2 aromatic carbocycles. The van der Waals surface area contributed by atoms with Gasteiger partial charge in [0.2, 0.25) is 15.8 Å². The number of Topliss-reactive ketones (excluding diaryl/α,β-unsaturated/α-hetero) is 1. The molecule has 0 aliphatic rings. The molecule has 0 unspecified atom stereocenters. The topological polar surface area (TPSA) is 80.8 Å². The van der Waals surface area contributed by atoms with Gasteiger partial charge in [-0.25, -0.2) is 17.6 Å². The second-order valence-corrected chi connectivity index (χ2v) is 8.92. The highest BCUT2D eigenvalue weighted by Gasteiger charge is 2.25. The quantitative estimate of drug-likeness (QED) is 0.465. The van der Waals surface area contributed by atoms with Crippen LogP contribution < -0.4 is 0 Å². The second kappa shape index (κ2) is 9.49. The maximum atomic E-state index is 14.2. The first-order valence-electron chi connectivity index (χ1n) is 9.60. The lowest BCUT2D eigenvalue weighted by Crippen LogP contribution is -2.30. The molecule has 0 saturated carbocycles. The summed E-state index contributed by atoms with van der Waals surface area (Å²) in [5, 5.41) is 0. The number of hydrogen-bond donors (Lipinski definition) is 0. The molecule has 0 amide bonds. The van der Waals surface area contributed by atoms with Crippen LogP contribution >= 0.6 is 0 Å². The van der Waals surface area contributed by atoms with Gasteiger partial charge in [0, 0.05) is 18.7 Å². The predicted octanol–water partition coefficient (Wildman–Crippen LogP) is 3.82. The number of ether oxygens (including phenoxy) is 1. The van der Waals surface area contributed by atoms with Crippen molar-refractivity contribution < 1.29 is 27.1 Å². The first-order chi connectivity index (χ1) is 14.0. The third kappa shape index (κ3) is 4.94. The molecule has 0 saturated heterocycles. The van der Waals surface area contributed by atoms with Crippen LogP contribution in [0.3, 0.4) is 0 Å². The van der Waals surface area contributed by atoms with Crippen molar-refractivity contribution >= 4 is 21.8 Å². The van der Waals surface area contributed by atoms with Crippen molar-refractivity contribution in [2.24, 2.45) is 0 Å². The number of rotatable bonds is 8. The van der Waals surface area contributed by atoms with Gasteiger partial charge in [-0.3, -0.25) is 4.79 Å². The average Bonchev–Trinajstić information content (AvgIpc) is 2.69. The maximum Gasteiger partial charge on any atom is 0.341 e. The molecule has 6 nitrogen and oxygen atoms in total. The summed E-state index contributed by atoms with van der Waals surface area (Å²) in [7, 11) is -3.87. The molecule has 8 heteroatoms. The molecule has 0 heterocycles. The van der Waals surface area contributed by atoms with Crippen molar-refractivity contribution in [1.82, 2.24) is 4.31 Å². The van der Waals surface area contributed by atoms with Crippen molar-refractivity contribution in [3.8, 4) is 0 Å². The van der Waals surface area contributed by atoms with Crippen molar-refractivity contribution in [3.63, 3.8) is 0 Å². The molecule has 0 N–H and O–H groups in total. The summed E-state index contributed by atoms with van der Waals surface area (Å²) in [5.74, 6) is -2.44. The average molecular weight is 436 g/mol. The van der Waals surface area contributed by atoms with Gasteiger partial charge in [0.25, 0.3) is 0 Å². The Bertz CT molecular complexity index is 1080. The first-order valence-corrected chi connectivity index (χ1v) is 11.0. The summed E-state index contributed by atoms with van der Waals surface area (Å²) in [6.45, 7) is 8.84. The number of carbonyl (C=O) groups excluding carboxylic acids is 2. The Morgan fingerprint density at radius 2 is 1.53 bits per heavy atom. The summed E-state index contributed by atoms with van der Waals surface area (Å²) < 4.78 is 45.6. The minimum Gasteiger partial charge on any atom is -0.454 e. The maximum absolute atomic E-state index is 14.2. The van der Waals surface area contributed by atoms with Crippen LogP contribution in [0.25, 0.3) is 0 Å². The van der Waals surface area contributed by atoms with Gasteiger partial charge >= 0.3 is 5.97 Å². The standard InChI is InChI=1S/C22H26FNO5S/c1-6-24(7-2)30(27,28)17-8-9-20(23)19(12-17)22(26)29-13-21(25)18-11-15(4)14(3)10-16(18)5/h8-12H,6-7,13H2,1-5H3. The lowest BCUT2D eigenvalue weighted by Gasteiger charge is -2.18. The number of aryl methyl sites for hydroxylation is 3. The Morgan fingerprint density at radius 1 is 0.933 bits per heavy atom. The number of sulfonamides is 1. The SMILES string of the molecule is CCN(CC)S(=O)(=O)c1ccc(F)c(C(=O)OCC(=O)c2cc(C)c(C)cc2C)c1. The van der Waals surface area contributed by atoms with E-state index in [2.05, 4.69) is 0 Å². The van der Waals surface area contributed by atoms with Gasteiger partial charge in [-0.15, -0.1) is 0 Å². The summed E-state index contributed by atoms with van der Waals surface area (Å²) in [6, 6.07) is 6.53. The van der Waals surface area contributed by atoms with Crippen molar-refractivity contribution in [2.75, 3.05) is 19.7 Å². The Balaban J connectivity index is 2.24. The number of hydrogen-bond acceptors (Lipinski definition) is 5. The van der Waals surface area contributed by atoms with Gasteiger partial charge in [0.1, 0.15) is 5.82 Å². The second-order valence-electron chi connectivity index (χ2n) is 6.98. The zero-order valence-electron chi connectivity index (χ0n) is 17.8. The normalized spacial score (nSPS) is 11.6. The molecule has 0 radical (unpaired) electrons. The number of esters is 1. The molecule has 0 bridgehead atoms. The molecule has 162 valence electrons. The Kier molecular flexibility index (Phi) is 7.49. The number of ketones is 1. The molecule has 2 aromatic rings. The molecular weight excluding hydrogens is 409 g/mol. The zero-order valence-corrected chi connectivity index (χ0v) is 18.6. The monoisotopic (exact) mass is 435 g/mol. The van der Waals surface area contributed by atoms with Crippen LogP contribution in [0.4, 0.5) is 4.39 Å². The van der Waals surface area contributed by atoms with Crippen LogP contribution in [0.2, 0.25) is 0 Å². The zero-order chi connectivity index (χ0) is 22.6. The highest BCUT2D eigenvalue weighted by atomic mass is 32.2. The third-order valence-electron chi connectivity index (χ3n) is 4.98. The van der Waals surface area contributed by atoms with Crippen molar-refractivity contribution in [1.29, 1.82) is 0 Å². The van der Waals surface area contributed by atoms with Crippen LogP contribution in [0.5, 0.6) is 0 Å². The highest BCUT2D eigenvalue weighted by molar-refractivity contribution is 7.89. The minimum atomic E-state index is -3.87. The fourth-order valence-electron chi connectivity index (χ4n) is 3.08. The molecule has 0 spiro atoms. The molecule has 0 aliphatic heterocycles. The Hall–Kier alpha value is -2.58. The van der Waals surface area contributed by atoms with E-state index in [0.717, 1.165) is 34.9 Å². The van der Waals surface area contributed by atoms with E-state index in [4.69, 9.17) is 4.74 Å². The van der Waals surface area contributed by atoms with Crippen LogP contribution in [-0.2, 0) is 14.8 Å². The van der Waals surface area contributed by atoms with Crippen LogP contribution in [0.15, 0.2) is 35.2 Å². The van der Waals surface area contributed by atoms with E-state index in [1.54, 1.807) is 26.8 Å². The lowest BCUT2D eigenvalue weighted by molar-refractivity contribution is 0.0469. The van der Waals surface area contributed by atoms with E-state index in [9.17, 15) is 22.4 Å². The number of nitrogens with zero attached hydrogens (tertiary/aromatic N) is 1. The van der Waals surface area contributed by atoms with Gasteiger partial charge < -0.3 is 4.74 Å². The van der Waals surface area contributed by atoms with Crippen LogP contribution in [-0.4, -0.2) is 44.2 Å². The van der Waals surface area contributed by atoms with Gasteiger partial charge in [-0.1, -0.05) is 19.9 Å². The predicted molar refractivity (Wildman–Crippen MR) is 112 cm³/mol. The fraction of sp³-hybridized carbons (Fsp3) is 0.364. The van der Waals surface area contributed by atoms with Gasteiger partial charge in [0.05, 0.1) is 10.5 Å². The van der Waals surface area contributed by atoms with E-state index >= 15 is 0 Å². The third-order valence-corrected chi connectivity index (χ3v) is 7.02. The lowest BCUT2D eigenvalue weighted by atomic mass is 9.98. The molecule has 30 heavy (non-hydrogen) atoms. The Labute approximate surface area is 176 Å². The van der Waals surface area contributed by atoms with E-state index in [0.29, 0.717) is 5.56 Å².